The molecule has 5 rings (SSSR count). The van der Waals surface area contributed by atoms with E-state index >= 15 is 4.39 Å². The van der Waals surface area contributed by atoms with Crippen molar-refractivity contribution in [1.29, 1.82) is 0 Å². The molecule has 2 heterocycles. The molecule has 2 aliphatic rings. The van der Waals surface area contributed by atoms with Crippen molar-refractivity contribution in [3.8, 4) is 0 Å². The summed E-state index contributed by atoms with van der Waals surface area (Å²) in [6, 6.07) is 14.1. The lowest BCUT2D eigenvalue weighted by Crippen LogP contribution is -2.50. The first-order chi connectivity index (χ1) is 21.5. The molecule has 0 aliphatic carbocycles. The monoisotopic (exact) mass is 655 g/mol. The molecular formula is C35H36Cl2FNO6. The molecule has 0 spiro atoms. The van der Waals surface area contributed by atoms with Gasteiger partial charge in [0.1, 0.15) is 12.4 Å². The minimum absolute atomic E-state index is 0.0636. The van der Waals surface area contributed by atoms with Crippen molar-refractivity contribution in [2.24, 2.45) is 11.8 Å². The Kier molecular flexibility index (Phi) is 9.73. The minimum atomic E-state index is -2.38. The van der Waals surface area contributed by atoms with Gasteiger partial charge in [0.05, 0.1) is 28.7 Å². The molecule has 0 aromatic heterocycles. The molecule has 2 N–H and O–H groups in total. The molecule has 3 aromatic rings. The molecule has 7 nitrogen and oxygen atoms in total. The van der Waals surface area contributed by atoms with E-state index in [4.69, 9.17) is 32.7 Å². The van der Waals surface area contributed by atoms with E-state index < -0.39 is 41.0 Å². The molecule has 1 saturated heterocycles. The SMILES string of the molecule is C=CCOC(=O)C(C)C(c1ccc(Cl)cc1)N1C(=O)c2cc(C(O)(CC)C3CCOCC3)cc(F)c2[C@]1(O)c1ccc(Cl)cc1. The molecule has 238 valence electrons. The maximum atomic E-state index is 16.6. The van der Waals surface area contributed by atoms with Gasteiger partial charge in [0.25, 0.3) is 5.91 Å². The summed E-state index contributed by atoms with van der Waals surface area (Å²) in [5.74, 6) is -3.50. The molecule has 4 atom stereocenters. The summed E-state index contributed by atoms with van der Waals surface area (Å²) in [5.41, 5.74) is -3.36. The number of carbonyl (C=O) groups is 2. The van der Waals surface area contributed by atoms with Crippen LogP contribution in [-0.4, -0.2) is 46.8 Å². The average Bonchev–Trinajstić information content (AvgIpc) is 3.28. The number of aliphatic hydroxyl groups is 2. The van der Waals surface area contributed by atoms with E-state index in [2.05, 4.69) is 6.58 Å². The summed E-state index contributed by atoms with van der Waals surface area (Å²) < 4.78 is 27.5. The van der Waals surface area contributed by atoms with Crippen LogP contribution in [0.1, 0.15) is 71.8 Å². The molecule has 3 unspecified atom stereocenters. The van der Waals surface area contributed by atoms with E-state index in [0.29, 0.717) is 41.7 Å². The molecular weight excluding hydrogens is 620 g/mol. The predicted octanol–water partition coefficient (Wildman–Crippen LogP) is 6.91. The normalized spacial score (nSPS) is 21.1. The van der Waals surface area contributed by atoms with Crippen LogP contribution >= 0.6 is 23.2 Å². The second-order valence-electron chi connectivity index (χ2n) is 11.6. The van der Waals surface area contributed by atoms with E-state index in [1.165, 1.54) is 42.5 Å². The maximum Gasteiger partial charge on any atom is 0.311 e. The Hall–Kier alpha value is -3.27. The van der Waals surface area contributed by atoms with Crippen molar-refractivity contribution in [2.75, 3.05) is 19.8 Å². The number of halogens is 3. The van der Waals surface area contributed by atoms with E-state index in [9.17, 15) is 19.8 Å². The van der Waals surface area contributed by atoms with Crippen molar-refractivity contribution in [3.05, 3.63) is 117 Å². The van der Waals surface area contributed by atoms with Crippen LogP contribution in [0.4, 0.5) is 4.39 Å². The van der Waals surface area contributed by atoms with Gasteiger partial charge in [0, 0.05) is 28.8 Å². The summed E-state index contributed by atoms with van der Waals surface area (Å²) in [6.07, 6.45) is 2.84. The van der Waals surface area contributed by atoms with Gasteiger partial charge >= 0.3 is 5.97 Å². The fraction of sp³-hybridized carbons (Fsp3) is 0.371. The zero-order chi connectivity index (χ0) is 32.5. The third-order valence-electron chi connectivity index (χ3n) is 9.10. The maximum absolute atomic E-state index is 16.6. The van der Waals surface area contributed by atoms with Gasteiger partial charge in [-0.2, -0.15) is 0 Å². The zero-order valence-electron chi connectivity index (χ0n) is 25.1. The lowest BCUT2D eigenvalue weighted by atomic mass is 9.74. The Labute approximate surface area is 272 Å². The molecule has 0 bridgehead atoms. The van der Waals surface area contributed by atoms with E-state index in [0.717, 1.165) is 4.90 Å². The third kappa shape index (κ3) is 5.90. The van der Waals surface area contributed by atoms with Crippen molar-refractivity contribution in [3.63, 3.8) is 0 Å². The standard InChI is InChI=1S/C35H36Cl2FNO6/c1-4-16-45-33(41)21(3)31(22-6-10-26(36)11-7-22)39-32(40)28-19-25(34(42,5-2)23-14-17-44-18-15-23)20-29(38)30(28)35(39,43)24-8-12-27(37)13-9-24/h4,6-13,19-21,23,31,42-43H,1,5,14-18H2,2-3H3/t21?,31?,34?,35-/m1/s1. The first-order valence-electron chi connectivity index (χ1n) is 15.0. The van der Waals surface area contributed by atoms with Crippen LogP contribution in [0.15, 0.2) is 73.3 Å². The number of carbonyl (C=O) groups excluding carboxylic acids is 2. The molecule has 1 fully saturated rings. The Morgan fingerprint density at radius 3 is 2.33 bits per heavy atom. The number of nitrogens with zero attached hydrogens (tertiary/aromatic N) is 1. The fourth-order valence-corrected chi connectivity index (χ4v) is 6.95. The molecule has 10 heteroatoms. The van der Waals surface area contributed by atoms with Gasteiger partial charge in [-0.15, -0.1) is 0 Å². The van der Waals surface area contributed by atoms with Gasteiger partial charge in [-0.3, -0.25) is 14.5 Å². The molecule has 0 radical (unpaired) electrons. The van der Waals surface area contributed by atoms with Gasteiger partial charge in [-0.25, -0.2) is 4.39 Å². The van der Waals surface area contributed by atoms with Crippen molar-refractivity contribution in [1.82, 2.24) is 4.90 Å². The summed E-state index contributed by atoms with van der Waals surface area (Å²) in [5, 5.41) is 25.5. The topological polar surface area (TPSA) is 96.3 Å². The summed E-state index contributed by atoms with van der Waals surface area (Å²) in [7, 11) is 0. The minimum Gasteiger partial charge on any atom is -0.461 e. The lowest BCUT2D eigenvalue weighted by Gasteiger charge is -2.42. The Bertz CT molecular complexity index is 1580. The van der Waals surface area contributed by atoms with Crippen LogP contribution in [0.5, 0.6) is 0 Å². The van der Waals surface area contributed by atoms with Crippen molar-refractivity contribution >= 4 is 35.1 Å². The smallest absolute Gasteiger partial charge is 0.311 e. The number of ether oxygens (including phenoxy) is 2. The number of rotatable bonds is 10. The highest BCUT2D eigenvalue weighted by atomic mass is 35.5. The van der Waals surface area contributed by atoms with E-state index in [1.54, 1.807) is 31.2 Å². The van der Waals surface area contributed by atoms with Gasteiger partial charge in [-0.1, -0.05) is 67.0 Å². The van der Waals surface area contributed by atoms with Crippen LogP contribution in [0.25, 0.3) is 0 Å². The van der Waals surface area contributed by atoms with Crippen molar-refractivity contribution in [2.45, 2.75) is 50.5 Å². The lowest BCUT2D eigenvalue weighted by molar-refractivity contribution is -0.152. The Balaban J connectivity index is 1.74. The summed E-state index contributed by atoms with van der Waals surface area (Å²) >= 11 is 12.4. The third-order valence-corrected chi connectivity index (χ3v) is 9.60. The quantitative estimate of drug-likeness (QED) is 0.182. The molecule has 2 aliphatic heterocycles. The van der Waals surface area contributed by atoms with Crippen molar-refractivity contribution < 1.29 is 33.7 Å². The number of amides is 1. The Morgan fingerprint density at radius 2 is 1.76 bits per heavy atom. The van der Waals surface area contributed by atoms with E-state index in [-0.39, 0.29) is 41.2 Å². The molecule has 0 saturated carbocycles. The summed E-state index contributed by atoms with van der Waals surface area (Å²) in [6.45, 7) is 7.85. The second-order valence-corrected chi connectivity index (χ2v) is 12.5. The number of benzene rings is 3. The second kappa shape index (κ2) is 13.2. The first kappa shape index (κ1) is 33.1. The number of esters is 1. The average molecular weight is 657 g/mol. The number of fused-ring (bicyclic) bond motifs is 1. The molecule has 3 aromatic carbocycles. The molecule has 45 heavy (non-hydrogen) atoms. The highest BCUT2D eigenvalue weighted by Gasteiger charge is 2.57. The van der Waals surface area contributed by atoms with Crippen LogP contribution in [0.2, 0.25) is 10.0 Å². The van der Waals surface area contributed by atoms with Gasteiger partial charge < -0.3 is 19.7 Å². The molecule has 1 amide bonds. The number of hydrogen-bond acceptors (Lipinski definition) is 6. The van der Waals surface area contributed by atoms with Gasteiger partial charge in [0.15, 0.2) is 5.72 Å². The zero-order valence-corrected chi connectivity index (χ0v) is 26.7. The largest absolute Gasteiger partial charge is 0.461 e. The van der Waals surface area contributed by atoms with Crippen LogP contribution in [-0.2, 0) is 25.6 Å². The summed E-state index contributed by atoms with van der Waals surface area (Å²) in [4.78, 5) is 29.1. The Morgan fingerprint density at radius 1 is 1.16 bits per heavy atom. The van der Waals surface area contributed by atoms with E-state index in [1.807, 2.05) is 6.92 Å². The fourth-order valence-electron chi connectivity index (χ4n) is 6.70. The van der Waals surface area contributed by atoms with Crippen LogP contribution < -0.4 is 0 Å². The first-order valence-corrected chi connectivity index (χ1v) is 15.7. The van der Waals surface area contributed by atoms with Gasteiger partial charge in [-0.05, 0) is 79.6 Å². The van der Waals surface area contributed by atoms with Gasteiger partial charge in [0.2, 0.25) is 0 Å². The number of hydrogen-bond donors (Lipinski definition) is 2. The van der Waals surface area contributed by atoms with Crippen LogP contribution in [0.3, 0.4) is 0 Å². The van der Waals surface area contributed by atoms with Crippen LogP contribution in [0, 0.1) is 17.7 Å². The predicted molar refractivity (Wildman–Crippen MR) is 169 cm³/mol. The highest BCUT2D eigenvalue weighted by Crippen LogP contribution is 2.51. The highest BCUT2D eigenvalue weighted by molar-refractivity contribution is 6.30.